The van der Waals surface area contributed by atoms with Gasteiger partial charge in [-0.2, -0.15) is 0 Å². The molecule has 1 fully saturated rings. The zero-order valence-electron chi connectivity index (χ0n) is 13.2. The van der Waals surface area contributed by atoms with Gasteiger partial charge in [0.05, 0.1) is 6.61 Å². The molecule has 0 bridgehead atoms. The highest BCUT2D eigenvalue weighted by atomic mass is 32.2. The molecule has 0 unspecified atom stereocenters. The Morgan fingerprint density at radius 1 is 1.30 bits per heavy atom. The van der Waals surface area contributed by atoms with Gasteiger partial charge >= 0.3 is 0 Å². The zero-order valence-corrected chi connectivity index (χ0v) is 14.1. The Balaban J connectivity index is 1.64. The highest BCUT2D eigenvalue weighted by Gasteiger charge is 2.41. The predicted molar refractivity (Wildman–Crippen MR) is 94.4 cm³/mol. The lowest BCUT2D eigenvalue weighted by molar-refractivity contribution is 0.219. The lowest BCUT2D eigenvalue weighted by Gasteiger charge is -2.14. The maximum atomic E-state index is 9.38. The third-order valence-corrected chi connectivity index (χ3v) is 5.18. The van der Waals surface area contributed by atoms with Crippen LogP contribution in [-0.2, 0) is 5.75 Å². The minimum atomic E-state index is 0.0359. The average molecular weight is 330 g/mol. The normalized spacial score (nSPS) is 15.4. The molecule has 3 rings (SSSR count). The van der Waals surface area contributed by atoms with Crippen LogP contribution >= 0.6 is 11.8 Å². The van der Waals surface area contributed by atoms with E-state index in [0.717, 1.165) is 31.0 Å². The van der Waals surface area contributed by atoms with Crippen molar-refractivity contribution in [2.45, 2.75) is 30.7 Å². The number of aliphatic hydroxyl groups is 1. The number of nitrogens with two attached hydrogens (primary N) is 1. The number of aliphatic hydroxyl groups excluding tert-OH is 1. The van der Waals surface area contributed by atoms with Gasteiger partial charge in [0.25, 0.3) is 0 Å². The summed E-state index contributed by atoms with van der Waals surface area (Å²) in [5.41, 5.74) is 8.47. The number of thioether (sulfide) groups is 1. The van der Waals surface area contributed by atoms with Crippen LogP contribution in [0, 0.1) is 12.3 Å². The minimum absolute atomic E-state index is 0.0359. The van der Waals surface area contributed by atoms with Crippen LogP contribution in [0.15, 0.2) is 35.5 Å². The molecule has 1 saturated carbocycles. The predicted octanol–water partition coefficient (Wildman–Crippen LogP) is 2.84. The molecule has 0 spiro atoms. The van der Waals surface area contributed by atoms with Crippen LogP contribution < -0.4 is 11.1 Å². The van der Waals surface area contributed by atoms with Crippen molar-refractivity contribution < 1.29 is 5.11 Å². The topological polar surface area (TPSA) is 84.1 Å². The number of hydrogen-bond donors (Lipinski definition) is 3. The maximum absolute atomic E-state index is 9.38. The Kier molecular flexibility index (Phi) is 4.73. The summed E-state index contributed by atoms with van der Waals surface area (Å²) in [5, 5.41) is 13.3. The number of rotatable bonds is 7. The van der Waals surface area contributed by atoms with Crippen molar-refractivity contribution in [3.8, 4) is 0 Å². The van der Waals surface area contributed by atoms with Crippen molar-refractivity contribution in [1.82, 2.24) is 9.97 Å². The maximum Gasteiger partial charge on any atom is 0.191 e. The van der Waals surface area contributed by atoms with Gasteiger partial charge in [-0.05, 0) is 30.9 Å². The van der Waals surface area contributed by atoms with Gasteiger partial charge in [0.1, 0.15) is 11.6 Å². The summed E-state index contributed by atoms with van der Waals surface area (Å²) >= 11 is 1.58. The molecule has 1 aliphatic rings. The highest BCUT2D eigenvalue weighted by Crippen LogP contribution is 2.44. The van der Waals surface area contributed by atoms with Crippen LogP contribution in [0.5, 0.6) is 0 Å². The molecule has 0 amide bonds. The number of anilines is 2. The van der Waals surface area contributed by atoms with Gasteiger partial charge in [-0.25, -0.2) is 9.97 Å². The average Bonchev–Trinajstić information content (AvgIpc) is 3.32. The Morgan fingerprint density at radius 3 is 2.78 bits per heavy atom. The molecule has 1 aromatic heterocycles. The first-order valence-electron chi connectivity index (χ1n) is 7.77. The van der Waals surface area contributed by atoms with Crippen molar-refractivity contribution in [2.24, 2.45) is 5.41 Å². The van der Waals surface area contributed by atoms with E-state index in [1.165, 1.54) is 11.1 Å². The molecule has 5 nitrogen and oxygen atoms in total. The minimum Gasteiger partial charge on any atom is -0.396 e. The van der Waals surface area contributed by atoms with Crippen LogP contribution in [0.3, 0.4) is 0 Å². The summed E-state index contributed by atoms with van der Waals surface area (Å²) < 4.78 is 0. The first kappa shape index (κ1) is 16.1. The number of aryl methyl sites for hydroxylation is 1. The van der Waals surface area contributed by atoms with Gasteiger partial charge in [0, 0.05) is 23.8 Å². The second kappa shape index (κ2) is 6.76. The van der Waals surface area contributed by atoms with Gasteiger partial charge in [-0.3, -0.25) is 0 Å². The van der Waals surface area contributed by atoms with E-state index in [1.54, 1.807) is 17.8 Å². The quantitative estimate of drug-likeness (QED) is 0.535. The first-order valence-corrected chi connectivity index (χ1v) is 8.75. The fraction of sp³-hybridized carbons (Fsp3) is 0.412. The molecule has 1 aromatic carbocycles. The lowest BCUT2D eigenvalue weighted by Crippen LogP contribution is -2.19. The van der Waals surface area contributed by atoms with E-state index in [4.69, 9.17) is 5.73 Å². The number of benzene rings is 1. The van der Waals surface area contributed by atoms with Gasteiger partial charge in [-0.15, -0.1) is 0 Å². The molecule has 1 aliphatic carbocycles. The van der Waals surface area contributed by atoms with E-state index in [1.807, 2.05) is 12.1 Å². The molecule has 6 heteroatoms. The summed E-state index contributed by atoms with van der Waals surface area (Å²) in [5.74, 6) is 2.00. The number of aromatic nitrogens is 2. The Hall–Kier alpha value is -1.79. The van der Waals surface area contributed by atoms with E-state index < -0.39 is 0 Å². The van der Waals surface area contributed by atoms with Crippen LogP contribution in [0.25, 0.3) is 0 Å². The number of hydrogen-bond acceptors (Lipinski definition) is 6. The monoisotopic (exact) mass is 330 g/mol. The standard InChI is InChI=1S/C17H22N4OS/c1-12-4-2-3-5-13(12)9-23-16-20-14(18)8-15(21-16)19-10-17(11-22)6-7-17/h2-5,8,22H,6-7,9-11H2,1H3,(H3,18,19,20,21). The van der Waals surface area contributed by atoms with Crippen molar-refractivity contribution in [3.05, 3.63) is 41.5 Å². The molecule has 122 valence electrons. The molecule has 0 saturated heterocycles. The fourth-order valence-electron chi connectivity index (χ4n) is 2.36. The molecule has 0 atom stereocenters. The third-order valence-electron chi connectivity index (χ3n) is 4.28. The van der Waals surface area contributed by atoms with Gasteiger partial charge in [0.15, 0.2) is 5.16 Å². The van der Waals surface area contributed by atoms with E-state index in [9.17, 15) is 5.11 Å². The van der Waals surface area contributed by atoms with Crippen LogP contribution in [0.1, 0.15) is 24.0 Å². The third kappa shape index (κ3) is 4.14. The summed E-state index contributed by atoms with van der Waals surface area (Å²) in [4.78, 5) is 8.82. The van der Waals surface area contributed by atoms with Gasteiger partial charge in [-0.1, -0.05) is 36.0 Å². The van der Waals surface area contributed by atoms with Crippen LogP contribution in [0.4, 0.5) is 11.6 Å². The van der Waals surface area contributed by atoms with E-state index in [0.29, 0.717) is 11.0 Å². The smallest absolute Gasteiger partial charge is 0.191 e. The lowest BCUT2D eigenvalue weighted by atomic mass is 10.1. The Bertz CT molecular complexity index is 688. The number of nitrogens with zero attached hydrogens (tertiary/aromatic N) is 2. The number of nitrogen functional groups attached to an aromatic ring is 1. The van der Waals surface area contributed by atoms with Gasteiger partial charge < -0.3 is 16.2 Å². The van der Waals surface area contributed by atoms with Crippen molar-refractivity contribution >= 4 is 23.4 Å². The second-order valence-electron chi connectivity index (χ2n) is 6.19. The fourth-order valence-corrected chi connectivity index (χ4v) is 3.30. The molecule has 1 heterocycles. The molecular weight excluding hydrogens is 308 g/mol. The molecular formula is C17H22N4OS. The Labute approximate surface area is 140 Å². The molecule has 2 aromatic rings. The second-order valence-corrected chi connectivity index (χ2v) is 7.13. The zero-order chi connectivity index (χ0) is 16.3. The summed E-state index contributed by atoms with van der Waals surface area (Å²) in [7, 11) is 0. The molecule has 4 N–H and O–H groups in total. The van der Waals surface area contributed by atoms with E-state index >= 15 is 0 Å². The first-order chi connectivity index (χ1) is 11.1. The van der Waals surface area contributed by atoms with Crippen LogP contribution in [-0.4, -0.2) is 28.2 Å². The van der Waals surface area contributed by atoms with Gasteiger partial charge in [0.2, 0.25) is 0 Å². The largest absolute Gasteiger partial charge is 0.396 e. The Morgan fingerprint density at radius 2 is 2.09 bits per heavy atom. The summed E-state index contributed by atoms with van der Waals surface area (Å²) in [6, 6.07) is 10.0. The SMILES string of the molecule is Cc1ccccc1CSc1nc(N)cc(NCC2(CO)CC2)n1. The summed E-state index contributed by atoms with van der Waals surface area (Å²) in [6.45, 7) is 3.05. The molecule has 0 aliphatic heterocycles. The summed E-state index contributed by atoms with van der Waals surface area (Å²) in [6.07, 6.45) is 2.12. The molecule has 23 heavy (non-hydrogen) atoms. The van der Waals surface area contributed by atoms with Crippen LogP contribution in [0.2, 0.25) is 0 Å². The van der Waals surface area contributed by atoms with Crippen molar-refractivity contribution in [2.75, 3.05) is 24.2 Å². The van der Waals surface area contributed by atoms with E-state index in [2.05, 4.69) is 34.3 Å². The highest BCUT2D eigenvalue weighted by molar-refractivity contribution is 7.98. The molecule has 0 radical (unpaired) electrons. The van der Waals surface area contributed by atoms with Crippen molar-refractivity contribution in [3.63, 3.8) is 0 Å². The van der Waals surface area contributed by atoms with Crippen molar-refractivity contribution in [1.29, 1.82) is 0 Å². The van der Waals surface area contributed by atoms with E-state index in [-0.39, 0.29) is 12.0 Å². The number of nitrogens with one attached hydrogen (secondary N) is 1.